The van der Waals surface area contributed by atoms with Gasteiger partial charge in [-0.2, -0.15) is 0 Å². The largest absolute Gasteiger partial charge is 0.428 e. The van der Waals surface area contributed by atoms with Gasteiger partial charge in [0.1, 0.15) is 11.2 Å². The van der Waals surface area contributed by atoms with E-state index in [4.69, 9.17) is 4.74 Å². The number of benzene rings is 2. The van der Waals surface area contributed by atoms with Gasteiger partial charge < -0.3 is 4.74 Å². The molecular weight excluding hydrogens is 260 g/mol. The highest BCUT2D eigenvalue weighted by Crippen LogP contribution is 2.46. The monoisotopic (exact) mass is 278 g/mol. The molecular formula is C19H18O2. The van der Waals surface area contributed by atoms with E-state index in [0.29, 0.717) is 0 Å². The standard InChI is InChI=1S/C19H18O2/c1-13-9-11-15(12-10-13)14(2)17-19(3,18(20)21-17)16-7-5-4-6-8-16/h4-12H,1-3H3/b17-14-. The van der Waals surface area contributed by atoms with Crippen LogP contribution >= 0.6 is 0 Å². The molecule has 2 nitrogen and oxygen atoms in total. The average Bonchev–Trinajstić information content (AvgIpc) is 2.52. The third-order valence-corrected chi connectivity index (χ3v) is 4.23. The van der Waals surface area contributed by atoms with Gasteiger partial charge in [0.05, 0.1) is 0 Å². The number of aryl methyl sites for hydroxylation is 1. The van der Waals surface area contributed by atoms with Crippen LogP contribution in [0.5, 0.6) is 0 Å². The summed E-state index contributed by atoms with van der Waals surface area (Å²) in [6, 6.07) is 18.1. The molecule has 1 atom stereocenters. The second-order valence-corrected chi connectivity index (χ2v) is 5.70. The Bertz CT molecular complexity index is 711. The van der Waals surface area contributed by atoms with Crippen molar-refractivity contribution >= 4 is 11.5 Å². The molecule has 0 spiro atoms. The first-order chi connectivity index (χ1) is 10.0. The van der Waals surface area contributed by atoms with E-state index in [0.717, 1.165) is 22.5 Å². The minimum atomic E-state index is -0.670. The Hall–Kier alpha value is -2.35. The predicted molar refractivity (Wildman–Crippen MR) is 83.7 cm³/mol. The van der Waals surface area contributed by atoms with Crippen molar-refractivity contribution in [3.8, 4) is 0 Å². The van der Waals surface area contributed by atoms with E-state index in [2.05, 4.69) is 31.2 Å². The van der Waals surface area contributed by atoms with Gasteiger partial charge in [-0.1, -0.05) is 60.2 Å². The fourth-order valence-corrected chi connectivity index (χ4v) is 2.75. The second kappa shape index (κ2) is 4.88. The summed E-state index contributed by atoms with van der Waals surface area (Å²) >= 11 is 0. The van der Waals surface area contributed by atoms with E-state index in [-0.39, 0.29) is 5.97 Å². The molecule has 3 rings (SSSR count). The molecule has 21 heavy (non-hydrogen) atoms. The molecule has 0 amide bonds. The van der Waals surface area contributed by atoms with Crippen LogP contribution in [0.25, 0.3) is 5.57 Å². The molecule has 0 radical (unpaired) electrons. The van der Waals surface area contributed by atoms with Crippen LogP contribution in [0.2, 0.25) is 0 Å². The van der Waals surface area contributed by atoms with Crippen LogP contribution < -0.4 is 0 Å². The van der Waals surface area contributed by atoms with Crippen LogP contribution in [0.1, 0.15) is 30.5 Å². The normalized spacial score (nSPS) is 23.3. The van der Waals surface area contributed by atoms with Crippen LogP contribution in [0, 0.1) is 6.92 Å². The first kappa shape index (κ1) is 13.6. The van der Waals surface area contributed by atoms with E-state index in [9.17, 15) is 4.79 Å². The summed E-state index contributed by atoms with van der Waals surface area (Å²) in [5.41, 5.74) is 3.62. The van der Waals surface area contributed by atoms with E-state index >= 15 is 0 Å². The van der Waals surface area contributed by atoms with Crippen molar-refractivity contribution in [1.82, 2.24) is 0 Å². The van der Waals surface area contributed by atoms with Crippen molar-refractivity contribution in [2.24, 2.45) is 0 Å². The Morgan fingerprint density at radius 1 is 1.00 bits per heavy atom. The summed E-state index contributed by atoms with van der Waals surface area (Å²) in [6.07, 6.45) is 0. The summed E-state index contributed by atoms with van der Waals surface area (Å²) in [7, 11) is 0. The van der Waals surface area contributed by atoms with Gasteiger partial charge in [0, 0.05) is 0 Å². The molecule has 1 aliphatic rings. The number of carbonyl (C=O) groups is 1. The van der Waals surface area contributed by atoms with E-state index in [1.54, 1.807) is 0 Å². The smallest absolute Gasteiger partial charge is 0.329 e. The van der Waals surface area contributed by atoms with Crippen molar-refractivity contribution in [1.29, 1.82) is 0 Å². The van der Waals surface area contributed by atoms with Gasteiger partial charge in [-0.15, -0.1) is 0 Å². The molecule has 2 heteroatoms. The van der Waals surface area contributed by atoms with Crippen LogP contribution in [-0.2, 0) is 14.9 Å². The number of cyclic esters (lactones) is 1. The molecule has 0 bridgehead atoms. The van der Waals surface area contributed by atoms with Crippen molar-refractivity contribution < 1.29 is 9.53 Å². The zero-order valence-corrected chi connectivity index (χ0v) is 12.5. The van der Waals surface area contributed by atoms with Gasteiger partial charge in [0.15, 0.2) is 0 Å². The molecule has 2 aromatic rings. The van der Waals surface area contributed by atoms with Crippen molar-refractivity contribution in [2.45, 2.75) is 26.2 Å². The lowest BCUT2D eigenvalue weighted by molar-refractivity contribution is -0.159. The zero-order chi connectivity index (χ0) is 15.0. The Labute approximate surface area is 125 Å². The molecule has 1 unspecified atom stereocenters. The van der Waals surface area contributed by atoms with E-state index < -0.39 is 5.41 Å². The third kappa shape index (κ3) is 2.07. The highest BCUT2D eigenvalue weighted by Gasteiger charge is 2.53. The molecule has 0 saturated carbocycles. The Balaban J connectivity index is 2.08. The van der Waals surface area contributed by atoms with Crippen molar-refractivity contribution in [3.05, 3.63) is 77.0 Å². The summed E-state index contributed by atoms with van der Waals surface area (Å²) < 4.78 is 5.40. The predicted octanol–water partition coefficient (Wildman–Crippen LogP) is 4.24. The molecule has 106 valence electrons. The first-order valence-corrected chi connectivity index (χ1v) is 7.09. The van der Waals surface area contributed by atoms with Crippen LogP contribution in [-0.4, -0.2) is 5.97 Å². The number of hydrogen-bond acceptors (Lipinski definition) is 2. The van der Waals surface area contributed by atoms with Crippen LogP contribution in [0.4, 0.5) is 0 Å². The lowest BCUT2D eigenvalue weighted by Crippen LogP contribution is -2.48. The topological polar surface area (TPSA) is 26.3 Å². The van der Waals surface area contributed by atoms with Gasteiger partial charge >= 0.3 is 5.97 Å². The number of carbonyl (C=O) groups excluding carboxylic acids is 1. The van der Waals surface area contributed by atoms with Gasteiger partial charge in [0.2, 0.25) is 0 Å². The number of rotatable bonds is 2. The molecule has 1 fully saturated rings. The molecule has 1 aliphatic heterocycles. The Morgan fingerprint density at radius 2 is 1.62 bits per heavy atom. The summed E-state index contributed by atoms with van der Waals surface area (Å²) in [5, 5.41) is 0. The average molecular weight is 278 g/mol. The molecule has 0 aromatic heterocycles. The lowest BCUT2D eigenvalue weighted by atomic mass is 9.74. The minimum absolute atomic E-state index is 0.185. The number of esters is 1. The molecule has 0 N–H and O–H groups in total. The summed E-state index contributed by atoms with van der Waals surface area (Å²) in [4.78, 5) is 12.1. The van der Waals surface area contributed by atoms with E-state index in [1.165, 1.54) is 5.56 Å². The summed E-state index contributed by atoms with van der Waals surface area (Å²) in [6.45, 7) is 6.00. The zero-order valence-electron chi connectivity index (χ0n) is 12.5. The van der Waals surface area contributed by atoms with Crippen molar-refractivity contribution in [3.63, 3.8) is 0 Å². The maximum Gasteiger partial charge on any atom is 0.329 e. The maximum atomic E-state index is 12.1. The second-order valence-electron chi connectivity index (χ2n) is 5.70. The fourth-order valence-electron chi connectivity index (χ4n) is 2.75. The Morgan fingerprint density at radius 3 is 2.19 bits per heavy atom. The van der Waals surface area contributed by atoms with Crippen molar-refractivity contribution in [2.75, 3.05) is 0 Å². The van der Waals surface area contributed by atoms with Gasteiger partial charge in [-0.05, 0) is 37.5 Å². The highest BCUT2D eigenvalue weighted by atomic mass is 16.6. The highest BCUT2D eigenvalue weighted by molar-refractivity contribution is 5.97. The van der Waals surface area contributed by atoms with Gasteiger partial charge in [-0.25, -0.2) is 0 Å². The fraction of sp³-hybridized carbons (Fsp3) is 0.211. The molecule has 0 aliphatic carbocycles. The first-order valence-electron chi connectivity index (χ1n) is 7.09. The maximum absolute atomic E-state index is 12.1. The van der Waals surface area contributed by atoms with Gasteiger partial charge in [0.25, 0.3) is 0 Å². The van der Waals surface area contributed by atoms with E-state index in [1.807, 2.05) is 44.2 Å². The summed E-state index contributed by atoms with van der Waals surface area (Å²) in [5.74, 6) is 0.567. The molecule has 1 saturated heterocycles. The SMILES string of the molecule is C/C(=C1/OC(=O)C1(C)c1ccccc1)c1ccc(C)cc1. The number of ether oxygens (including phenoxy) is 1. The lowest BCUT2D eigenvalue weighted by Gasteiger charge is -2.40. The molecule has 1 heterocycles. The third-order valence-electron chi connectivity index (χ3n) is 4.23. The molecule has 2 aromatic carbocycles. The van der Waals surface area contributed by atoms with Gasteiger partial charge in [-0.3, -0.25) is 4.79 Å². The van der Waals surface area contributed by atoms with Crippen LogP contribution in [0.15, 0.2) is 60.4 Å². The number of allylic oxidation sites excluding steroid dienone is 1. The van der Waals surface area contributed by atoms with Crippen LogP contribution in [0.3, 0.4) is 0 Å². The minimum Gasteiger partial charge on any atom is -0.428 e. The quantitative estimate of drug-likeness (QED) is 0.768. The Kier molecular flexibility index (Phi) is 3.17. The number of hydrogen-bond donors (Lipinski definition) is 0.